The van der Waals surface area contributed by atoms with Crippen LogP contribution in [0.15, 0.2) is 23.3 Å². The van der Waals surface area contributed by atoms with Gasteiger partial charge < -0.3 is 9.30 Å². The molecule has 0 bridgehead atoms. The normalized spacial score (nSPS) is 21.8. The van der Waals surface area contributed by atoms with Crippen molar-refractivity contribution in [2.75, 3.05) is 0 Å². The summed E-state index contributed by atoms with van der Waals surface area (Å²) in [5, 5.41) is 4.20. The molecule has 21 heavy (non-hydrogen) atoms. The maximum atomic E-state index is 12.3. The molecule has 2 atom stereocenters. The maximum Gasteiger partial charge on any atom is 0.276 e. The van der Waals surface area contributed by atoms with Crippen LogP contribution in [0.1, 0.15) is 18.5 Å². The first-order valence-corrected chi connectivity index (χ1v) is 6.80. The first-order chi connectivity index (χ1) is 10.1. The highest BCUT2D eigenvalue weighted by atomic mass is 16.5. The highest BCUT2D eigenvalue weighted by molar-refractivity contribution is 5.80. The zero-order valence-corrected chi connectivity index (χ0v) is 11.7. The van der Waals surface area contributed by atoms with E-state index in [1.165, 1.54) is 0 Å². The van der Waals surface area contributed by atoms with Crippen molar-refractivity contribution in [3.05, 3.63) is 34.5 Å². The Hall–Kier alpha value is -2.19. The molecule has 2 unspecified atom stereocenters. The average Bonchev–Trinajstić information content (AvgIpc) is 3.07. The lowest BCUT2D eigenvalue weighted by atomic mass is 10.2. The van der Waals surface area contributed by atoms with Gasteiger partial charge in [-0.3, -0.25) is 15.0 Å². The molecule has 0 aliphatic carbocycles. The van der Waals surface area contributed by atoms with E-state index in [-0.39, 0.29) is 17.6 Å². The van der Waals surface area contributed by atoms with Crippen molar-refractivity contribution in [3.63, 3.8) is 0 Å². The fourth-order valence-electron chi connectivity index (χ4n) is 2.64. The summed E-state index contributed by atoms with van der Waals surface area (Å²) >= 11 is 0. The van der Waals surface area contributed by atoms with Gasteiger partial charge in [0, 0.05) is 12.4 Å². The summed E-state index contributed by atoms with van der Waals surface area (Å²) in [6.45, 7) is 2.25. The SMILES string of the molecule is Cc1cc2c(=O)n(CC3CCC(C(=O)NN)O3)ccn2n1. The van der Waals surface area contributed by atoms with Gasteiger partial charge in [0.05, 0.1) is 18.3 Å². The summed E-state index contributed by atoms with van der Waals surface area (Å²) in [5.74, 6) is 4.77. The van der Waals surface area contributed by atoms with E-state index in [0.29, 0.717) is 24.9 Å². The zero-order chi connectivity index (χ0) is 15.0. The second kappa shape index (κ2) is 5.30. The third kappa shape index (κ3) is 2.55. The van der Waals surface area contributed by atoms with Crippen LogP contribution in [-0.2, 0) is 16.1 Å². The van der Waals surface area contributed by atoms with E-state index in [0.717, 1.165) is 5.69 Å². The van der Waals surface area contributed by atoms with Gasteiger partial charge in [-0.25, -0.2) is 10.4 Å². The van der Waals surface area contributed by atoms with Crippen LogP contribution in [0.3, 0.4) is 0 Å². The Kier molecular flexibility index (Phi) is 3.48. The van der Waals surface area contributed by atoms with E-state index >= 15 is 0 Å². The molecule has 3 rings (SSSR count). The highest BCUT2D eigenvalue weighted by Crippen LogP contribution is 2.20. The quantitative estimate of drug-likeness (QED) is 0.444. The van der Waals surface area contributed by atoms with Gasteiger partial charge >= 0.3 is 0 Å². The van der Waals surface area contributed by atoms with E-state index in [1.54, 1.807) is 27.5 Å². The number of carbonyl (C=O) groups is 1. The summed E-state index contributed by atoms with van der Waals surface area (Å²) in [6.07, 6.45) is 4.04. The molecule has 0 spiro atoms. The number of rotatable bonds is 3. The Morgan fingerprint density at radius 2 is 2.33 bits per heavy atom. The topological polar surface area (TPSA) is 104 Å². The third-order valence-electron chi connectivity index (χ3n) is 3.67. The minimum Gasteiger partial charge on any atom is -0.363 e. The number of hydrogen-bond acceptors (Lipinski definition) is 5. The molecule has 1 aliphatic rings. The molecule has 0 radical (unpaired) electrons. The molecule has 0 saturated carbocycles. The number of ether oxygens (including phenoxy) is 1. The Morgan fingerprint density at radius 3 is 3.10 bits per heavy atom. The van der Waals surface area contributed by atoms with Crippen LogP contribution in [0.5, 0.6) is 0 Å². The predicted molar refractivity (Wildman–Crippen MR) is 74.4 cm³/mol. The van der Waals surface area contributed by atoms with Gasteiger partial charge in [0.1, 0.15) is 11.6 Å². The molecular weight excluding hydrogens is 274 g/mol. The van der Waals surface area contributed by atoms with Crippen molar-refractivity contribution in [3.8, 4) is 0 Å². The van der Waals surface area contributed by atoms with Crippen molar-refractivity contribution in [1.82, 2.24) is 19.6 Å². The Bertz CT molecular complexity index is 735. The summed E-state index contributed by atoms with van der Waals surface area (Å²) < 4.78 is 8.77. The predicted octanol–water partition coefficient (Wildman–Crippen LogP) is -0.658. The number of fused-ring (bicyclic) bond motifs is 1. The molecule has 1 saturated heterocycles. The Labute approximate surface area is 120 Å². The molecule has 8 nitrogen and oxygen atoms in total. The number of aromatic nitrogens is 3. The number of nitrogens with one attached hydrogen (secondary N) is 1. The molecule has 1 aliphatic heterocycles. The number of nitrogens with two attached hydrogens (primary N) is 1. The summed E-state index contributed by atoms with van der Waals surface area (Å²) in [6, 6.07) is 1.75. The van der Waals surface area contributed by atoms with Crippen LogP contribution in [0, 0.1) is 6.92 Å². The van der Waals surface area contributed by atoms with Gasteiger partial charge in [0.25, 0.3) is 11.5 Å². The summed E-state index contributed by atoms with van der Waals surface area (Å²) in [5.41, 5.74) is 3.29. The lowest BCUT2D eigenvalue weighted by Crippen LogP contribution is -2.39. The maximum absolute atomic E-state index is 12.3. The highest BCUT2D eigenvalue weighted by Gasteiger charge is 2.30. The van der Waals surface area contributed by atoms with Crippen LogP contribution in [0.25, 0.3) is 5.52 Å². The standard InChI is InChI=1S/C13H17N5O3/c1-8-6-10-13(20)17(4-5-18(10)16-8)7-9-2-3-11(21-9)12(19)15-14/h4-6,9,11H,2-3,7,14H2,1H3,(H,15,19). The number of aryl methyl sites for hydroxylation is 1. The van der Waals surface area contributed by atoms with Crippen molar-refractivity contribution in [2.24, 2.45) is 5.84 Å². The van der Waals surface area contributed by atoms with E-state index < -0.39 is 6.10 Å². The van der Waals surface area contributed by atoms with Crippen LogP contribution in [0.2, 0.25) is 0 Å². The molecule has 1 amide bonds. The first-order valence-electron chi connectivity index (χ1n) is 6.80. The number of nitrogens with zero attached hydrogens (tertiary/aromatic N) is 3. The van der Waals surface area contributed by atoms with E-state index in [4.69, 9.17) is 10.6 Å². The largest absolute Gasteiger partial charge is 0.363 e. The number of amides is 1. The van der Waals surface area contributed by atoms with Crippen LogP contribution < -0.4 is 16.8 Å². The van der Waals surface area contributed by atoms with E-state index in [9.17, 15) is 9.59 Å². The first kappa shape index (κ1) is 13.8. The molecule has 3 heterocycles. The van der Waals surface area contributed by atoms with Crippen molar-refractivity contribution >= 4 is 11.4 Å². The van der Waals surface area contributed by atoms with Crippen molar-refractivity contribution in [1.29, 1.82) is 0 Å². The van der Waals surface area contributed by atoms with E-state index in [1.807, 2.05) is 6.92 Å². The molecule has 0 aromatic carbocycles. The second-order valence-electron chi connectivity index (χ2n) is 5.20. The van der Waals surface area contributed by atoms with Crippen molar-refractivity contribution < 1.29 is 9.53 Å². The smallest absolute Gasteiger partial charge is 0.276 e. The minimum absolute atomic E-state index is 0.117. The lowest BCUT2D eigenvalue weighted by Gasteiger charge is -2.14. The molecular formula is C13H17N5O3. The van der Waals surface area contributed by atoms with Gasteiger partial charge in [-0.2, -0.15) is 5.10 Å². The summed E-state index contributed by atoms with van der Waals surface area (Å²) in [4.78, 5) is 23.8. The monoisotopic (exact) mass is 291 g/mol. The number of hydrogen-bond donors (Lipinski definition) is 2. The van der Waals surface area contributed by atoms with Crippen molar-refractivity contribution in [2.45, 2.75) is 38.5 Å². The fraction of sp³-hybridized carbons (Fsp3) is 0.462. The molecule has 112 valence electrons. The van der Waals surface area contributed by atoms with Gasteiger partial charge in [-0.05, 0) is 25.8 Å². The molecule has 1 fully saturated rings. The van der Waals surface area contributed by atoms with Gasteiger partial charge in [0.2, 0.25) is 0 Å². The molecule has 2 aromatic heterocycles. The molecule has 2 aromatic rings. The van der Waals surface area contributed by atoms with Gasteiger partial charge in [-0.15, -0.1) is 0 Å². The van der Waals surface area contributed by atoms with Gasteiger partial charge in [-0.1, -0.05) is 0 Å². The fourth-order valence-corrected chi connectivity index (χ4v) is 2.64. The summed E-state index contributed by atoms with van der Waals surface area (Å²) in [7, 11) is 0. The number of carbonyl (C=O) groups excluding carboxylic acids is 1. The van der Waals surface area contributed by atoms with Crippen LogP contribution in [-0.4, -0.2) is 32.3 Å². The van der Waals surface area contributed by atoms with Crippen LogP contribution in [0.4, 0.5) is 0 Å². The second-order valence-corrected chi connectivity index (χ2v) is 5.20. The molecule has 8 heteroatoms. The Balaban J connectivity index is 1.78. The molecule has 3 N–H and O–H groups in total. The average molecular weight is 291 g/mol. The zero-order valence-electron chi connectivity index (χ0n) is 11.7. The minimum atomic E-state index is -0.531. The Morgan fingerprint density at radius 1 is 1.52 bits per heavy atom. The third-order valence-corrected chi connectivity index (χ3v) is 3.67. The number of hydrazine groups is 1. The lowest BCUT2D eigenvalue weighted by molar-refractivity contribution is -0.132. The van der Waals surface area contributed by atoms with E-state index in [2.05, 4.69) is 10.5 Å². The van der Waals surface area contributed by atoms with Gasteiger partial charge in [0.15, 0.2) is 0 Å². The van der Waals surface area contributed by atoms with Crippen LogP contribution >= 0.6 is 0 Å².